The second kappa shape index (κ2) is 6.21. The first-order valence-corrected chi connectivity index (χ1v) is 7.92. The van der Waals surface area contributed by atoms with Crippen molar-refractivity contribution in [2.24, 2.45) is 5.92 Å². The molecule has 2 rings (SSSR count). The smallest absolute Gasteiger partial charge is 0.0178 e. The van der Waals surface area contributed by atoms with E-state index in [1.54, 1.807) is 0 Å². The van der Waals surface area contributed by atoms with Gasteiger partial charge >= 0.3 is 0 Å². The number of halogens is 1. The van der Waals surface area contributed by atoms with Crippen molar-refractivity contribution in [2.75, 3.05) is 0 Å². The summed E-state index contributed by atoms with van der Waals surface area (Å²) < 4.78 is 1.21. The summed E-state index contributed by atoms with van der Waals surface area (Å²) in [5, 5.41) is 3.85. The Morgan fingerprint density at radius 1 is 1.33 bits per heavy atom. The molecule has 1 N–H and O–H groups in total. The molecule has 0 saturated heterocycles. The molecule has 2 unspecified atom stereocenters. The highest BCUT2D eigenvalue weighted by molar-refractivity contribution is 9.10. The monoisotopic (exact) mass is 309 g/mol. The van der Waals surface area contributed by atoms with Crippen LogP contribution in [0.4, 0.5) is 0 Å². The van der Waals surface area contributed by atoms with E-state index in [-0.39, 0.29) is 0 Å². The Kier molecular flexibility index (Phi) is 4.85. The van der Waals surface area contributed by atoms with E-state index in [1.807, 2.05) is 0 Å². The van der Waals surface area contributed by atoms with E-state index in [0.29, 0.717) is 12.1 Å². The Balaban J connectivity index is 2.01. The van der Waals surface area contributed by atoms with Gasteiger partial charge in [0.05, 0.1) is 0 Å². The summed E-state index contributed by atoms with van der Waals surface area (Å²) in [4.78, 5) is 0. The van der Waals surface area contributed by atoms with Crippen molar-refractivity contribution in [3.8, 4) is 0 Å². The SMILES string of the molecule is CCC(NC1CCc2cc(Br)ccc2C1)C(C)C. The van der Waals surface area contributed by atoms with Gasteiger partial charge in [0, 0.05) is 16.6 Å². The topological polar surface area (TPSA) is 12.0 Å². The number of fused-ring (bicyclic) bond motifs is 1. The van der Waals surface area contributed by atoms with Crippen LogP contribution >= 0.6 is 15.9 Å². The van der Waals surface area contributed by atoms with Gasteiger partial charge in [0.15, 0.2) is 0 Å². The van der Waals surface area contributed by atoms with Gasteiger partial charge in [0.25, 0.3) is 0 Å². The van der Waals surface area contributed by atoms with Gasteiger partial charge in [-0.05, 0) is 54.9 Å². The van der Waals surface area contributed by atoms with Crippen LogP contribution < -0.4 is 5.32 Å². The van der Waals surface area contributed by atoms with Gasteiger partial charge in [0.2, 0.25) is 0 Å². The predicted octanol–water partition coefficient (Wildman–Crippen LogP) is 4.33. The van der Waals surface area contributed by atoms with Crippen molar-refractivity contribution in [3.63, 3.8) is 0 Å². The fourth-order valence-electron chi connectivity index (χ4n) is 2.95. The lowest BCUT2D eigenvalue weighted by Gasteiger charge is -2.31. The zero-order valence-corrected chi connectivity index (χ0v) is 13.3. The Morgan fingerprint density at radius 3 is 2.78 bits per heavy atom. The Hall–Kier alpha value is -0.340. The number of benzene rings is 1. The molecule has 1 aromatic rings. The van der Waals surface area contributed by atoms with Gasteiger partial charge in [-0.25, -0.2) is 0 Å². The predicted molar refractivity (Wildman–Crippen MR) is 82.0 cm³/mol. The van der Waals surface area contributed by atoms with Crippen molar-refractivity contribution in [3.05, 3.63) is 33.8 Å². The average molecular weight is 310 g/mol. The summed E-state index contributed by atoms with van der Waals surface area (Å²) in [5.41, 5.74) is 3.06. The first-order valence-electron chi connectivity index (χ1n) is 7.13. The van der Waals surface area contributed by atoms with E-state index in [2.05, 4.69) is 60.2 Å². The lowest BCUT2D eigenvalue weighted by atomic mass is 9.87. The lowest BCUT2D eigenvalue weighted by molar-refractivity contribution is 0.324. The summed E-state index contributed by atoms with van der Waals surface area (Å²) in [5.74, 6) is 0.723. The Labute approximate surface area is 119 Å². The highest BCUT2D eigenvalue weighted by atomic mass is 79.9. The second-order valence-corrected chi connectivity index (χ2v) is 6.69. The number of aryl methyl sites for hydroxylation is 1. The molecule has 100 valence electrons. The maximum absolute atomic E-state index is 3.85. The molecular weight excluding hydrogens is 286 g/mol. The minimum atomic E-state index is 0.658. The number of hydrogen-bond acceptors (Lipinski definition) is 1. The van der Waals surface area contributed by atoms with Gasteiger partial charge in [-0.15, -0.1) is 0 Å². The highest BCUT2D eigenvalue weighted by Gasteiger charge is 2.21. The zero-order chi connectivity index (χ0) is 13.1. The first kappa shape index (κ1) is 14.1. The summed E-state index contributed by atoms with van der Waals surface area (Å²) in [6.45, 7) is 6.91. The van der Waals surface area contributed by atoms with Gasteiger partial charge < -0.3 is 5.32 Å². The van der Waals surface area contributed by atoms with Crippen molar-refractivity contribution in [2.45, 2.75) is 58.5 Å². The van der Waals surface area contributed by atoms with Crippen LogP contribution in [0.5, 0.6) is 0 Å². The normalized spacial score (nSPS) is 20.8. The van der Waals surface area contributed by atoms with Crippen molar-refractivity contribution in [1.82, 2.24) is 5.32 Å². The third-order valence-corrected chi connectivity index (χ3v) is 4.58. The van der Waals surface area contributed by atoms with Crippen LogP contribution in [0.25, 0.3) is 0 Å². The maximum atomic E-state index is 3.85. The molecule has 0 spiro atoms. The van der Waals surface area contributed by atoms with Crippen LogP contribution in [0.2, 0.25) is 0 Å². The molecule has 0 aliphatic heterocycles. The quantitative estimate of drug-likeness (QED) is 0.873. The fraction of sp³-hybridized carbons (Fsp3) is 0.625. The minimum absolute atomic E-state index is 0.658. The van der Waals surface area contributed by atoms with E-state index in [1.165, 1.54) is 41.3 Å². The van der Waals surface area contributed by atoms with E-state index in [4.69, 9.17) is 0 Å². The summed E-state index contributed by atoms with van der Waals surface area (Å²) in [6.07, 6.45) is 4.89. The fourth-order valence-corrected chi connectivity index (χ4v) is 3.36. The lowest BCUT2D eigenvalue weighted by Crippen LogP contribution is -2.43. The number of hydrogen-bond donors (Lipinski definition) is 1. The van der Waals surface area contributed by atoms with E-state index < -0.39 is 0 Å². The summed E-state index contributed by atoms with van der Waals surface area (Å²) in [7, 11) is 0. The largest absolute Gasteiger partial charge is 0.311 e. The molecule has 0 amide bonds. The molecule has 1 nitrogen and oxygen atoms in total. The standard InChI is InChI=1S/C16H24BrN/c1-4-16(11(2)3)18-15-8-6-12-9-14(17)7-5-13(12)10-15/h5,7,9,11,15-16,18H,4,6,8,10H2,1-3H3. The molecule has 1 aliphatic rings. The maximum Gasteiger partial charge on any atom is 0.0178 e. The van der Waals surface area contributed by atoms with Crippen LogP contribution in [-0.4, -0.2) is 12.1 Å². The molecule has 18 heavy (non-hydrogen) atoms. The first-order chi connectivity index (χ1) is 8.60. The highest BCUT2D eigenvalue weighted by Crippen LogP contribution is 2.25. The average Bonchev–Trinajstić information content (AvgIpc) is 2.35. The molecule has 0 radical (unpaired) electrons. The molecule has 0 saturated carbocycles. The van der Waals surface area contributed by atoms with Crippen molar-refractivity contribution >= 4 is 15.9 Å². The number of nitrogens with one attached hydrogen (secondary N) is 1. The van der Waals surface area contributed by atoms with Crippen LogP contribution in [0.3, 0.4) is 0 Å². The molecule has 0 aromatic heterocycles. The third-order valence-electron chi connectivity index (χ3n) is 4.09. The number of rotatable bonds is 4. The van der Waals surface area contributed by atoms with E-state index >= 15 is 0 Å². The molecule has 0 bridgehead atoms. The van der Waals surface area contributed by atoms with Crippen molar-refractivity contribution in [1.29, 1.82) is 0 Å². The molecular formula is C16H24BrN. The van der Waals surface area contributed by atoms with Gasteiger partial charge in [0.1, 0.15) is 0 Å². The molecule has 0 fully saturated rings. The van der Waals surface area contributed by atoms with E-state index in [9.17, 15) is 0 Å². The van der Waals surface area contributed by atoms with Gasteiger partial charge in [-0.2, -0.15) is 0 Å². The molecule has 2 atom stereocenters. The third kappa shape index (κ3) is 3.36. The van der Waals surface area contributed by atoms with Crippen LogP contribution in [0, 0.1) is 5.92 Å². The Morgan fingerprint density at radius 2 is 2.11 bits per heavy atom. The van der Waals surface area contributed by atoms with E-state index in [0.717, 1.165) is 5.92 Å². The van der Waals surface area contributed by atoms with Crippen molar-refractivity contribution < 1.29 is 0 Å². The summed E-state index contributed by atoms with van der Waals surface area (Å²) >= 11 is 3.56. The van der Waals surface area contributed by atoms with Crippen LogP contribution in [-0.2, 0) is 12.8 Å². The van der Waals surface area contributed by atoms with Crippen LogP contribution in [0.15, 0.2) is 22.7 Å². The molecule has 2 heteroatoms. The minimum Gasteiger partial charge on any atom is -0.311 e. The van der Waals surface area contributed by atoms with Gasteiger partial charge in [-0.1, -0.05) is 42.8 Å². The second-order valence-electron chi connectivity index (χ2n) is 5.78. The summed E-state index contributed by atoms with van der Waals surface area (Å²) in [6, 6.07) is 8.05. The van der Waals surface area contributed by atoms with Gasteiger partial charge in [-0.3, -0.25) is 0 Å². The zero-order valence-electron chi connectivity index (χ0n) is 11.7. The molecule has 0 heterocycles. The Bertz CT molecular complexity index is 400. The molecule has 1 aromatic carbocycles. The van der Waals surface area contributed by atoms with Crippen LogP contribution in [0.1, 0.15) is 44.7 Å². The molecule has 1 aliphatic carbocycles.